The van der Waals surface area contributed by atoms with E-state index in [1.807, 2.05) is 12.1 Å². The summed E-state index contributed by atoms with van der Waals surface area (Å²) in [5, 5.41) is 10.8. The lowest BCUT2D eigenvalue weighted by Gasteiger charge is -2.47. The molecule has 4 heteroatoms. The molecule has 1 aliphatic carbocycles. The van der Waals surface area contributed by atoms with Crippen molar-refractivity contribution >= 4 is 17.5 Å². The van der Waals surface area contributed by atoms with Gasteiger partial charge in [-0.2, -0.15) is 0 Å². The number of likely N-dealkylation sites (tertiary alicyclic amines) is 1. The molecule has 18 heavy (non-hydrogen) atoms. The van der Waals surface area contributed by atoms with Crippen molar-refractivity contribution in [3.63, 3.8) is 0 Å². The number of nitrogens with zero attached hydrogens (tertiary/aromatic N) is 1. The summed E-state index contributed by atoms with van der Waals surface area (Å²) in [6, 6.07) is 7.32. The predicted molar refractivity (Wildman–Crippen MR) is 69.4 cm³/mol. The number of carbonyl (C=O) groups is 1. The van der Waals surface area contributed by atoms with Crippen LogP contribution in [0.15, 0.2) is 24.3 Å². The van der Waals surface area contributed by atoms with Crippen LogP contribution < -0.4 is 0 Å². The highest BCUT2D eigenvalue weighted by molar-refractivity contribution is 6.30. The van der Waals surface area contributed by atoms with Crippen LogP contribution in [0.25, 0.3) is 0 Å². The van der Waals surface area contributed by atoms with E-state index in [-0.39, 0.29) is 5.91 Å². The maximum atomic E-state index is 12.0. The molecule has 3 rings (SSSR count). The quantitative estimate of drug-likeness (QED) is 0.906. The summed E-state index contributed by atoms with van der Waals surface area (Å²) < 4.78 is 0. The van der Waals surface area contributed by atoms with Gasteiger partial charge in [0.2, 0.25) is 5.91 Å². The van der Waals surface area contributed by atoms with Crippen molar-refractivity contribution in [1.29, 1.82) is 0 Å². The minimum atomic E-state index is -0.588. The molecule has 1 amide bonds. The van der Waals surface area contributed by atoms with Gasteiger partial charge in [-0.15, -0.1) is 0 Å². The molecule has 1 aromatic carbocycles. The molecule has 1 aliphatic heterocycles. The van der Waals surface area contributed by atoms with E-state index >= 15 is 0 Å². The number of halogens is 1. The Hall–Kier alpha value is -1.06. The maximum Gasteiger partial charge on any atom is 0.227 e. The van der Waals surface area contributed by atoms with E-state index in [1.54, 1.807) is 17.0 Å². The molecule has 3 nitrogen and oxygen atoms in total. The molecule has 0 unspecified atom stereocenters. The van der Waals surface area contributed by atoms with Gasteiger partial charge in [0.15, 0.2) is 0 Å². The Kier molecular flexibility index (Phi) is 2.83. The fourth-order valence-electron chi connectivity index (χ4n) is 2.56. The topological polar surface area (TPSA) is 40.5 Å². The lowest BCUT2D eigenvalue weighted by atomic mass is 9.88. The van der Waals surface area contributed by atoms with Gasteiger partial charge in [-0.05, 0) is 36.5 Å². The van der Waals surface area contributed by atoms with E-state index < -0.39 is 5.60 Å². The van der Waals surface area contributed by atoms with Gasteiger partial charge in [0.05, 0.1) is 19.5 Å². The van der Waals surface area contributed by atoms with Crippen LogP contribution in [-0.2, 0) is 11.2 Å². The Bertz CT molecular complexity index is 461. The second-order valence-electron chi connectivity index (χ2n) is 5.43. The Balaban J connectivity index is 1.55. The summed E-state index contributed by atoms with van der Waals surface area (Å²) in [6.45, 7) is 1.01. The third-order valence-corrected chi connectivity index (χ3v) is 4.14. The summed E-state index contributed by atoms with van der Waals surface area (Å²) in [6.07, 6.45) is 2.60. The zero-order chi connectivity index (χ0) is 12.8. The summed E-state index contributed by atoms with van der Waals surface area (Å²) in [5.74, 6) is 0.514. The molecule has 1 N–H and O–H groups in total. The third kappa shape index (κ3) is 2.25. The van der Waals surface area contributed by atoms with Crippen molar-refractivity contribution in [3.8, 4) is 0 Å². The van der Waals surface area contributed by atoms with Gasteiger partial charge in [-0.25, -0.2) is 0 Å². The molecule has 1 saturated heterocycles. The van der Waals surface area contributed by atoms with Crippen molar-refractivity contribution in [2.24, 2.45) is 5.92 Å². The van der Waals surface area contributed by atoms with Gasteiger partial charge < -0.3 is 10.0 Å². The zero-order valence-electron chi connectivity index (χ0n) is 10.1. The van der Waals surface area contributed by atoms with Crippen LogP contribution in [-0.4, -0.2) is 34.6 Å². The SMILES string of the molecule is O=C(Cc1ccc(Cl)cc1)N1CC(O)(C2CC2)C1. The molecule has 0 atom stereocenters. The summed E-state index contributed by atoms with van der Waals surface area (Å²) >= 11 is 5.80. The molecule has 0 bridgehead atoms. The van der Waals surface area contributed by atoms with Crippen LogP contribution in [0.2, 0.25) is 5.02 Å². The van der Waals surface area contributed by atoms with Crippen molar-refractivity contribution in [2.75, 3.05) is 13.1 Å². The highest BCUT2D eigenvalue weighted by atomic mass is 35.5. The third-order valence-electron chi connectivity index (χ3n) is 3.89. The number of hydrogen-bond donors (Lipinski definition) is 1. The maximum absolute atomic E-state index is 12.0. The number of benzene rings is 1. The van der Waals surface area contributed by atoms with Crippen molar-refractivity contribution < 1.29 is 9.90 Å². The van der Waals surface area contributed by atoms with Crippen LogP contribution in [0.1, 0.15) is 18.4 Å². The molecule has 0 aromatic heterocycles. The smallest absolute Gasteiger partial charge is 0.227 e. The van der Waals surface area contributed by atoms with Crippen LogP contribution in [0.3, 0.4) is 0 Å². The monoisotopic (exact) mass is 265 g/mol. The lowest BCUT2D eigenvalue weighted by Crippen LogP contribution is -2.65. The van der Waals surface area contributed by atoms with E-state index in [9.17, 15) is 9.90 Å². The standard InChI is InChI=1S/C14H16ClNO2/c15-12-5-1-10(2-6-12)7-13(17)16-8-14(18,9-16)11-3-4-11/h1-2,5-6,11,18H,3-4,7-9H2. The minimum absolute atomic E-state index is 0.0858. The van der Waals surface area contributed by atoms with Crippen LogP contribution in [0, 0.1) is 5.92 Å². The van der Waals surface area contributed by atoms with Crippen LogP contribution in [0.5, 0.6) is 0 Å². The van der Waals surface area contributed by atoms with Crippen molar-refractivity contribution in [3.05, 3.63) is 34.9 Å². The molecule has 0 radical (unpaired) electrons. The first-order chi connectivity index (χ1) is 8.57. The highest BCUT2D eigenvalue weighted by Gasteiger charge is 2.53. The number of rotatable bonds is 3. The summed E-state index contributed by atoms with van der Waals surface area (Å²) in [4.78, 5) is 13.7. The van der Waals surface area contributed by atoms with Gasteiger partial charge in [-0.1, -0.05) is 23.7 Å². The number of carbonyl (C=O) groups excluding carboxylic acids is 1. The van der Waals surface area contributed by atoms with Gasteiger partial charge in [0, 0.05) is 5.02 Å². The van der Waals surface area contributed by atoms with Crippen molar-refractivity contribution in [1.82, 2.24) is 4.90 Å². The first-order valence-corrected chi connectivity index (χ1v) is 6.69. The van der Waals surface area contributed by atoms with E-state index in [0.29, 0.717) is 30.5 Å². The fraction of sp³-hybridized carbons (Fsp3) is 0.500. The normalized spacial score (nSPS) is 21.6. The summed E-state index contributed by atoms with van der Waals surface area (Å²) in [7, 11) is 0. The molecular formula is C14H16ClNO2. The van der Waals surface area contributed by atoms with E-state index in [0.717, 1.165) is 18.4 Å². The average molecular weight is 266 g/mol. The molecule has 1 heterocycles. The van der Waals surface area contributed by atoms with Gasteiger partial charge in [-0.3, -0.25) is 4.79 Å². The first kappa shape index (κ1) is 12.0. The number of aliphatic hydroxyl groups is 1. The van der Waals surface area contributed by atoms with Gasteiger partial charge in [0.1, 0.15) is 5.60 Å². The number of β-amino-alcohol motifs (C(OH)–C–C–N with tert-alkyl or cyclic N) is 1. The second kappa shape index (κ2) is 4.25. The van der Waals surface area contributed by atoms with E-state index in [2.05, 4.69) is 0 Å². The Morgan fingerprint density at radius 3 is 2.50 bits per heavy atom. The molecule has 2 aliphatic rings. The largest absolute Gasteiger partial charge is 0.386 e. The predicted octanol–water partition coefficient (Wildman–Crippen LogP) is 1.87. The van der Waals surface area contributed by atoms with Gasteiger partial charge >= 0.3 is 0 Å². The number of amides is 1. The molecule has 1 aromatic rings. The molecule has 2 fully saturated rings. The van der Waals surface area contributed by atoms with E-state index in [4.69, 9.17) is 11.6 Å². The first-order valence-electron chi connectivity index (χ1n) is 6.31. The molecular weight excluding hydrogens is 250 g/mol. The van der Waals surface area contributed by atoms with Gasteiger partial charge in [0.25, 0.3) is 0 Å². The van der Waals surface area contributed by atoms with E-state index in [1.165, 1.54) is 0 Å². The Labute approximate surface area is 111 Å². The summed E-state index contributed by atoms with van der Waals surface area (Å²) in [5.41, 5.74) is 0.376. The molecule has 96 valence electrons. The average Bonchev–Trinajstić information content (AvgIpc) is 3.12. The highest BCUT2D eigenvalue weighted by Crippen LogP contribution is 2.44. The Morgan fingerprint density at radius 1 is 1.33 bits per heavy atom. The second-order valence-corrected chi connectivity index (χ2v) is 5.87. The number of hydrogen-bond acceptors (Lipinski definition) is 2. The van der Waals surface area contributed by atoms with Crippen LogP contribution >= 0.6 is 11.6 Å². The lowest BCUT2D eigenvalue weighted by molar-refractivity contribution is -0.158. The minimum Gasteiger partial charge on any atom is -0.386 e. The molecule has 1 saturated carbocycles. The van der Waals surface area contributed by atoms with Crippen molar-refractivity contribution in [2.45, 2.75) is 24.9 Å². The van der Waals surface area contributed by atoms with Crippen LogP contribution in [0.4, 0.5) is 0 Å². The zero-order valence-corrected chi connectivity index (χ0v) is 10.9. The Morgan fingerprint density at radius 2 is 1.94 bits per heavy atom. The molecule has 0 spiro atoms. The fourth-order valence-corrected chi connectivity index (χ4v) is 2.68.